The number of rotatable bonds is 9. The molecule has 0 bridgehead atoms. The number of hydrogen-bond donors (Lipinski definition) is 2. The van der Waals surface area contributed by atoms with Crippen molar-refractivity contribution in [3.63, 3.8) is 0 Å². The third kappa shape index (κ3) is 9.49. The minimum Gasteiger partial charge on any atom is -0.370 e. The zero-order chi connectivity index (χ0) is 17.4. The molecule has 6 heteroatoms. The number of aromatic nitrogens is 2. The minimum absolute atomic E-state index is 0. The monoisotopic (exact) mass is 449 g/mol. The molecule has 0 amide bonds. The number of aryl methyl sites for hydroxylation is 2. The average Bonchev–Trinajstić information content (AvgIpc) is 2.74. The Bertz CT molecular complexity index is 496. The molecule has 1 aromatic heterocycles. The lowest BCUT2D eigenvalue weighted by Gasteiger charge is -2.16. The Morgan fingerprint density at radius 3 is 2.46 bits per heavy atom. The molecule has 0 aliphatic rings. The van der Waals surface area contributed by atoms with Gasteiger partial charge in [-0.3, -0.25) is 9.67 Å². The van der Waals surface area contributed by atoms with Crippen molar-refractivity contribution in [3.05, 3.63) is 17.5 Å². The van der Waals surface area contributed by atoms with E-state index in [-0.39, 0.29) is 24.0 Å². The van der Waals surface area contributed by atoms with E-state index in [0.717, 1.165) is 31.1 Å². The fourth-order valence-corrected chi connectivity index (χ4v) is 2.67. The van der Waals surface area contributed by atoms with Crippen LogP contribution in [0.2, 0.25) is 0 Å². The van der Waals surface area contributed by atoms with E-state index in [0.29, 0.717) is 17.9 Å². The van der Waals surface area contributed by atoms with Gasteiger partial charge in [-0.15, -0.1) is 24.0 Å². The van der Waals surface area contributed by atoms with Crippen LogP contribution in [0.5, 0.6) is 0 Å². The molecular weight excluding hydrogens is 413 g/mol. The molecule has 0 fully saturated rings. The van der Waals surface area contributed by atoms with Crippen LogP contribution in [0.1, 0.15) is 58.3 Å². The third-order valence-electron chi connectivity index (χ3n) is 3.97. The molecule has 0 aromatic carbocycles. The van der Waals surface area contributed by atoms with Gasteiger partial charge in [0.2, 0.25) is 0 Å². The van der Waals surface area contributed by atoms with Gasteiger partial charge in [-0.2, -0.15) is 5.10 Å². The number of guanidine groups is 1. The van der Waals surface area contributed by atoms with Crippen molar-refractivity contribution < 1.29 is 0 Å². The second kappa shape index (κ2) is 11.7. The molecule has 24 heavy (non-hydrogen) atoms. The van der Waals surface area contributed by atoms with Crippen LogP contribution in [0, 0.1) is 25.7 Å². The Balaban J connectivity index is 0.00000529. The van der Waals surface area contributed by atoms with Crippen molar-refractivity contribution in [2.24, 2.45) is 22.6 Å². The second-order valence-corrected chi connectivity index (χ2v) is 7.31. The van der Waals surface area contributed by atoms with Crippen LogP contribution in [0.4, 0.5) is 0 Å². The van der Waals surface area contributed by atoms with E-state index in [4.69, 9.17) is 5.73 Å². The zero-order valence-corrected chi connectivity index (χ0v) is 18.5. The molecule has 0 saturated heterocycles. The Morgan fingerprint density at radius 1 is 1.25 bits per heavy atom. The smallest absolute Gasteiger partial charge is 0.188 e. The van der Waals surface area contributed by atoms with Crippen LogP contribution < -0.4 is 11.1 Å². The standard InChI is InChI=1S/C18H35N5.HI/c1-13(2)8-7-9-15(4)21-18(19)20-11-14(3)12-23-17(6)10-16(5)22-23;/h10,13-15H,7-9,11-12H2,1-6H3,(H3,19,20,21);1H. The number of nitrogens with two attached hydrogens (primary N) is 1. The number of halogens is 1. The Kier molecular flexibility index (Phi) is 11.3. The topological polar surface area (TPSA) is 68.2 Å². The van der Waals surface area contributed by atoms with Crippen LogP contribution in [0.15, 0.2) is 11.1 Å². The molecule has 0 aliphatic heterocycles. The first kappa shape index (κ1) is 23.2. The predicted molar refractivity (Wildman–Crippen MR) is 114 cm³/mol. The van der Waals surface area contributed by atoms with Gasteiger partial charge in [-0.25, -0.2) is 0 Å². The predicted octanol–water partition coefficient (Wildman–Crippen LogP) is 3.87. The first-order chi connectivity index (χ1) is 10.8. The van der Waals surface area contributed by atoms with Gasteiger partial charge < -0.3 is 11.1 Å². The van der Waals surface area contributed by atoms with Crippen molar-refractivity contribution in [2.75, 3.05) is 6.54 Å². The maximum absolute atomic E-state index is 6.00. The van der Waals surface area contributed by atoms with Crippen LogP contribution in [-0.4, -0.2) is 28.3 Å². The lowest BCUT2D eigenvalue weighted by atomic mass is 10.0. The normalized spacial score (nSPS) is 14.4. The summed E-state index contributed by atoms with van der Waals surface area (Å²) in [5, 5.41) is 7.79. The lowest BCUT2D eigenvalue weighted by Crippen LogP contribution is -2.38. The van der Waals surface area contributed by atoms with Crippen molar-refractivity contribution in [1.82, 2.24) is 15.1 Å². The molecule has 0 aliphatic carbocycles. The molecule has 1 heterocycles. The Morgan fingerprint density at radius 2 is 1.92 bits per heavy atom. The molecule has 0 spiro atoms. The van der Waals surface area contributed by atoms with E-state index in [2.05, 4.69) is 56.1 Å². The van der Waals surface area contributed by atoms with Gasteiger partial charge in [0, 0.05) is 24.8 Å². The van der Waals surface area contributed by atoms with Crippen LogP contribution in [0.25, 0.3) is 0 Å². The highest BCUT2D eigenvalue weighted by Gasteiger charge is 2.08. The Labute approximate surface area is 164 Å². The van der Waals surface area contributed by atoms with E-state index in [9.17, 15) is 0 Å². The van der Waals surface area contributed by atoms with Crippen molar-refractivity contribution in [2.45, 2.75) is 73.4 Å². The summed E-state index contributed by atoms with van der Waals surface area (Å²) in [6.07, 6.45) is 3.63. The fourth-order valence-electron chi connectivity index (χ4n) is 2.67. The van der Waals surface area contributed by atoms with Gasteiger partial charge in [0.25, 0.3) is 0 Å². The zero-order valence-electron chi connectivity index (χ0n) is 16.2. The molecule has 140 valence electrons. The fraction of sp³-hybridized carbons (Fsp3) is 0.778. The second-order valence-electron chi connectivity index (χ2n) is 7.31. The van der Waals surface area contributed by atoms with E-state index in [1.54, 1.807) is 0 Å². The van der Waals surface area contributed by atoms with E-state index < -0.39 is 0 Å². The third-order valence-corrected chi connectivity index (χ3v) is 3.97. The van der Waals surface area contributed by atoms with Gasteiger partial charge in [0.1, 0.15) is 0 Å². The SMILES string of the molecule is Cc1cc(C)n(CC(C)CN=C(N)NC(C)CCCC(C)C)n1.I. The summed E-state index contributed by atoms with van der Waals surface area (Å²) in [7, 11) is 0. The van der Waals surface area contributed by atoms with Crippen molar-refractivity contribution in [1.29, 1.82) is 0 Å². The highest BCUT2D eigenvalue weighted by atomic mass is 127. The van der Waals surface area contributed by atoms with E-state index in [1.807, 2.05) is 11.6 Å². The highest BCUT2D eigenvalue weighted by Crippen LogP contribution is 2.08. The van der Waals surface area contributed by atoms with Crippen LogP contribution in [0.3, 0.4) is 0 Å². The quantitative estimate of drug-likeness (QED) is 0.342. The number of nitrogens with one attached hydrogen (secondary N) is 1. The van der Waals surface area contributed by atoms with Gasteiger partial charge >= 0.3 is 0 Å². The summed E-state index contributed by atoms with van der Waals surface area (Å²) in [6, 6.07) is 2.48. The van der Waals surface area contributed by atoms with Crippen LogP contribution in [-0.2, 0) is 6.54 Å². The Hall–Kier alpha value is -0.790. The van der Waals surface area contributed by atoms with Gasteiger partial charge in [-0.05, 0) is 45.1 Å². The number of nitrogens with zero attached hydrogens (tertiary/aromatic N) is 3. The summed E-state index contributed by atoms with van der Waals surface area (Å²) in [4.78, 5) is 4.48. The van der Waals surface area contributed by atoms with E-state index in [1.165, 1.54) is 18.5 Å². The maximum atomic E-state index is 6.00. The largest absolute Gasteiger partial charge is 0.370 e. The van der Waals surface area contributed by atoms with Crippen molar-refractivity contribution in [3.8, 4) is 0 Å². The molecule has 0 saturated carbocycles. The van der Waals surface area contributed by atoms with Gasteiger partial charge in [0.05, 0.1) is 5.69 Å². The average molecular weight is 449 g/mol. The molecule has 0 radical (unpaired) electrons. The summed E-state index contributed by atoms with van der Waals surface area (Å²) in [5.74, 6) is 1.73. The van der Waals surface area contributed by atoms with Gasteiger partial charge in [0.15, 0.2) is 5.96 Å². The molecule has 3 N–H and O–H groups in total. The summed E-state index contributed by atoms with van der Waals surface area (Å²) in [5.41, 5.74) is 8.26. The number of aliphatic imine (C=N–C) groups is 1. The number of hydrogen-bond acceptors (Lipinski definition) is 2. The summed E-state index contributed by atoms with van der Waals surface area (Å²) in [6.45, 7) is 14.6. The summed E-state index contributed by atoms with van der Waals surface area (Å²) < 4.78 is 2.05. The van der Waals surface area contributed by atoms with E-state index >= 15 is 0 Å². The first-order valence-corrected chi connectivity index (χ1v) is 8.85. The maximum Gasteiger partial charge on any atom is 0.188 e. The molecule has 1 rings (SSSR count). The molecule has 5 nitrogen and oxygen atoms in total. The van der Waals surface area contributed by atoms with Crippen LogP contribution >= 0.6 is 24.0 Å². The van der Waals surface area contributed by atoms with Gasteiger partial charge in [-0.1, -0.05) is 33.6 Å². The summed E-state index contributed by atoms with van der Waals surface area (Å²) >= 11 is 0. The molecule has 2 atom stereocenters. The molecular formula is C18H36IN5. The first-order valence-electron chi connectivity index (χ1n) is 8.85. The van der Waals surface area contributed by atoms with Crippen molar-refractivity contribution >= 4 is 29.9 Å². The minimum atomic E-state index is 0. The molecule has 2 unspecified atom stereocenters. The molecule has 1 aromatic rings. The lowest BCUT2D eigenvalue weighted by molar-refractivity contribution is 0.449. The highest BCUT2D eigenvalue weighted by molar-refractivity contribution is 14.0.